The molecule has 152 valence electrons. The summed E-state index contributed by atoms with van der Waals surface area (Å²) in [7, 11) is 1.55. The van der Waals surface area contributed by atoms with E-state index in [-0.39, 0.29) is 18.3 Å². The Morgan fingerprint density at radius 3 is 2.46 bits per heavy atom. The summed E-state index contributed by atoms with van der Waals surface area (Å²) in [4.78, 5) is 11.5. The molecule has 0 aliphatic rings. The van der Waals surface area contributed by atoms with Crippen molar-refractivity contribution in [3.8, 4) is 11.5 Å². The lowest BCUT2D eigenvalue weighted by Gasteiger charge is -2.20. The number of ether oxygens (including phenoxy) is 2. The summed E-state index contributed by atoms with van der Waals surface area (Å²) in [6.45, 7) is 4.49. The van der Waals surface area contributed by atoms with Crippen molar-refractivity contribution in [2.75, 3.05) is 7.11 Å². The molecular formula is C21H25BrFNO4. The lowest BCUT2D eigenvalue weighted by Crippen LogP contribution is -2.37. The first-order chi connectivity index (χ1) is 13.3. The van der Waals surface area contributed by atoms with Gasteiger partial charge in [0.05, 0.1) is 7.11 Å². The predicted molar refractivity (Wildman–Crippen MR) is 109 cm³/mol. The van der Waals surface area contributed by atoms with E-state index in [4.69, 9.17) is 9.47 Å². The molecule has 0 bridgehead atoms. The van der Waals surface area contributed by atoms with Crippen molar-refractivity contribution in [2.24, 2.45) is 5.92 Å². The normalized spacial score (nSPS) is 12.1. The van der Waals surface area contributed by atoms with E-state index < -0.39 is 12.0 Å². The molecule has 0 fully saturated rings. The van der Waals surface area contributed by atoms with Crippen molar-refractivity contribution in [2.45, 2.75) is 39.5 Å². The Morgan fingerprint density at radius 2 is 1.89 bits per heavy atom. The van der Waals surface area contributed by atoms with Crippen LogP contribution in [0.25, 0.3) is 0 Å². The van der Waals surface area contributed by atoms with Gasteiger partial charge in [-0.05, 0) is 42.2 Å². The summed E-state index contributed by atoms with van der Waals surface area (Å²) in [6.07, 6.45) is 0.517. The van der Waals surface area contributed by atoms with Crippen molar-refractivity contribution in [3.63, 3.8) is 0 Å². The van der Waals surface area contributed by atoms with Crippen molar-refractivity contribution in [1.29, 1.82) is 0 Å². The van der Waals surface area contributed by atoms with E-state index in [0.717, 1.165) is 15.6 Å². The Morgan fingerprint density at radius 1 is 1.21 bits per heavy atom. The molecule has 0 aliphatic heterocycles. The Balaban J connectivity index is 2.22. The molecule has 7 heteroatoms. The third kappa shape index (κ3) is 6.21. The molecule has 2 rings (SSSR count). The Labute approximate surface area is 173 Å². The number of carboxylic acid groups (broad SMARTS) is 1. The van der Waals surface area contributed by atoms with Crippen LogP contribution in [0.3, 0.4) is 0 Å². The van der Waals surface area contributed by atoms with Gasteiger partial charge in [0.2, 0.25) is 0 Å². The van der Waals surface area contributed by atoms with E-state index in [1.54, 1.807) is 25.3 Å². The summed E-state index contributed by atoms with van der Waals surface area (Å²) in [5.74, 6) is 0.108. The van der Waals surface area contributed by atoms with Crippen molar-refractivity contribution in [3.05, 3.63) is 57.8 Å². The molecule has 0 radical (unpaired) electrons. The van der Waals surface area contributed by atoms with E-state index >= 15 is 0 Å². The van der Waals surface area contributed by atoms with E-state index in [1.807, 2.05) is 19.9 Å². The number of halogens is 2. The molecule has 2 aromatic rings. The number of methoxy groups -OCH3 is 1. The Bertz CT molecular complexity index is 796. The van der Waals surface area contributed by atoms with Crippen molar-refractivity contribution < 1.29 is 23.8 Å². The first kappa shape index (κ1) is 22.2. The van der Waals surface area contributed by atoms with Crippen LogP contribution in [-0.4, -0.2) is 24.2 Å². The second-order valence-corrected chi connectivity index (χ2v) is 7.73. The Kier molecular flexibility index (Phi) is 8.26. The van der Waals surface area contributed by atoms with Gasteiger partial charge < -0.3 is 19.9 Å². The van der Waals surface area contributed by atoms with Gasteiger partial charge in [-0.3, -0.25) is 4.79 Å². The Hall–Kier alpha value is -2.12. The first-order valence-corrected chi connectivity index (χ1v) is 9.80. The summed E-state index contributed by atoms with van der Waals surface area (Å²) in [5, 5.41) is 12.5. The number of hydrogen-bond donors (Lipinski definition) is 2. The minimum absolute atomic E-state index is 0.231. The van der Waals surface area contributed by atoms with Crippen LogP contribution >= 0.6 is 15.9 Å². The fourth-order valence-corrected chi connectivity index (χ4v) is 3.22. The molecule has 0 spiro atoms. The third-order valence-electron chi connectivity index (χ3n) is 4.21. The number of rotatable bonds is 10. The molecule has 1 unspecified atom stereocenters. The van der Waals surface area contributed by atoms with E-state index in [2.05, 4.69) is 21.2 Å². The summed E-state index contributed by atoms with van der Waals surface area (Å²) in [6, 6.07) is 9.00. The maximum Gasteiger partial charge on any atom is 0.320 e. The second-order valence-electron chi connectivity index (χ2n) is 6.87. The van der Waals surface area contributed by atoms with Crippen molar-refractivity contribution in [1.82, 2.24) is 5.32 Å². The molecular weight excluding hydrogens is 429 g/mol. The number of aliphatic carboxylic acids is 1. The second kappa shape index (κ2) is 10.4. The van der Waals surface area contributed by atoms with E-state index in [1.165, 1.54) is 12.1 Å². The van der Waals surface area contributed by atoms with Gasteiger partial charge in [0.25, 0.3) is 0 Å². The number of nitrogens with one attached hydrogen (secondary N) is 1. The van der Waals surface area contributed by atoms with Crippen LogP contribution in [0, 0.1) is 11.7 Å². The number of carboxylic acids is 1. The number of carbonyl (C=O) groups is 1. The zero-order valence-electron chi connectivity index (χ0n) is 16.2. The maximum absolute atomic E-state index is 13.1. The van der Waals surface area contributed by atoms with Crippen molar-refractivity contribution >= 4 is 21.9 Å². The molecule has 0 saturated carbocycles. The zero-order valence-corrected chi connectivity index (χ0v) is 17.8. The highest BCUT2D eigenvalue weighted by molar-refractivity contribution is 9.10. The molecule has 0 amide bonds. The zero-order chi connectivity index (χ0) is 20.7. The maximum atomic E-state index is 13.1. The van der Waals surface area contributed by atoms with Gasteiger partial charge >= 0.3 is 5.97 Å². The van der Waals surface area contributed by atoms with Gasteiger partial charge in [-0.2, -0.15) is 0 Å². The van der Waals surface area contributed by atoms with E-state index in [9.17, 15) is 14.3 Å². The van der Waals surface area contributed by atoms with Crippen LogP contribution in [0.4, 0.5) is 4.39 Å². The number of hydrogen-bond acceptors (Lipinski definition) is 4. The summed E-state index contributed by atoms with van der Waals surface area (Å²) in [5.41, 5.74) is 1.57. The van der Waals surface area contributed by atoms with E-state index in [0.29, 0.717) is 24.5 Å². The summed E-state index contributed by atoms with van der Waals surface area (Å²) < 4.78 is 25.3. The molecule has 0 heterocycles. The highest BCUT2D eigenvalue weighted by Gasteiger charge is 2.21. The van der Waals surface area contributed by atoms with Gasteiger partial charge in [0.1, 0.15) is 18.5 Å². The average Bonchev–Trinajstić information content (AvgIpc) is 2.65. The highest BCUT2D eigenvalue weighted by Crippen LogP contribution is 2.37. The average molecular weight is 454 g/mol. The molecule has 2 N–H and O–H groups in total. The lowest BCUT2D eigenvalue weighted by atomic mass is 10.0. The van der Waals surface area contributed by atoms with Gasteiger partial charge in [0.15, 0.2) is 11.5 Å². The predicted octanol–water partition coefficient (Wildman–Crippen LogP) is 4.76. The van der Waals surface area contributed by atoms with Gasteiger partial charge in [-0.25, -0.2) is 4.39 Å². The van der Waals surface area contributed by atoms with Crippen LogP contribution < -0.4 is 14.8 Å². The third-order valence-corrected chi connectivity index (χ3v) is 4.96. The molecule has 0 aromatic heterocycles. The van der Waals surface area contributed by atoms with Crippen LogP contribution in [-0.2, 0) is 17.9 Å². The monoisotopic (exact) mass is 453 g/mol. The van der Waals surface area contributed by atoms with Crippen LogP contribution in [0.15, 0.2) is 40.9 Å². The molecule has 0 aliphatic carbocycles. The number of benzene rings is 2. The SMILES string of the molecule is COc1ccc(Br)c(CNC(CC(C)C)C(=O)O)c1OCc1ccc(F)cc1. The standard InChI is InChI=1S/C21H25BrFNO4/c1-13(2)10-18(21(25)26)24-11-16-17(22)8-9-19(27-3)20(16)28-12-14-4-6-15(23)7-5-14/h4-9,13,18,24H,10-12H2,1-3H3,(H,25,26). The minimum atomic E-state index is -0.888. The molecule has 2 aromatic carbocycles. The lowest BCUT2D eigenvalue weighted by molar-refractivity contribution is -0.140. The van der Waals surface area contributed by atoms with Gasteiger partial charge in [-0.15, -0.1) is 0 Å². The fraction of sp³-hybridized carbons (Fsp3) is 0.381. The smallest absolute Gasteiger partial charge is 0.320 e. The highest BCUT2D eigenvalue weighted by atomic mass is 79.9. The van der Waals surface area contributed by atoms with Crippen LogP contribution in [0.5, 0.6) is 11.5 Å². The van der Waals surface area contributed by atoms with Gasteiger partial charge in [0, 0.05) is 16.6 Å². The van der Waals surface area contributed by atoms with Crippen LogP contribution in [0.2, 0.25) is 0 Å². The molecule has 28 heavy (non-hydrogen) atoms. The van der Waals surface area contributed by atoms with Crippen LogP contribution in [0.1, 0.15) is 31.4 Å². The molecule has 1 atom stereocenters. The first-order valence-electron chi connectivity index (χ1n) is 9.00. The fourth-order valence-electron chi connectivity index (χ4n) is 2.77. The van der Waals surface area contributed by atoms with Gasteiger partial charge in [-0.1, -0.05) is 41.9 Å². The quantitative estimate of drug-likeness (QED) is 0.542. The minimum Gasteiger partial charge on any atom is -0.493 e. The summed E-state index contributed by atoms with van der Waals surface area (Å²) >= 11 is 3.51. The molecule has 0 saturated heterocycles. The molecule has 5 nitrogen and oxygen atoms in total. The largest absolute Gasteiger partial charge is 0.493 e. The topological polar surface area (TPSA) is 67.8 Å².